The van der Waals surface area contributed by atoms with Gasteiger partial charge in [0.2, 0.25) is 0 Å². The van der Waals surface area contributed by atoms with E-state index in [-0.39, 0.29) is 24.8 Å². The first-order chi connectivity index (χ1) is 10.0. The number of esters is 1. The molecule has 0 radical (unpaired) electrons. The number of hydrogen-bond acceptors (Lipinski definition) is 5. The normalized spacial score (nSPS) is 10.6. The average Bonchev–Trinajstić information content (AvgIpc) is 2.42. The van der Waals surface area contributed by atoms with E-state index in [9.17, 15) is 14.4 Å². The maximum Gasteiger partial charge on any atom is 0.332 e. The fraction of sp³-hybridized carbons (Fsp3) is 0.643. The monoisotopic (exact) mass is 297 g/mol. The molecule has 0 aromatic carbocycles. The first-order valence-electron chi connectivity index (χ1n) is 7.27. The van der Waals surface area contributed by atoms with Gasteiger partial charge in [-0.1, -0.05) is 13.3 Å². The Morgan fingerprint density at radius 3 is 2.48 bits per heavy atom. The third kappa shape index (κ3) is 4.77. The minimum atomic E-state index is -0.436. The molecular formula is C14H23N3O4. The van der Waals surface area contributed by atoms with Gasteiger partial charge in [0, 0.05) is 25.6 Å². The summed E-state index contributed by atoms with van der Waals surface area (Å²) in [5.41, 5.74) is 4.87. The van der Waals surface area contributed by atoms with Crippen LogP contribution < -0.4 is 17.0 Å². The summed E-state index contributed by atoms with van der Waals surface area (Å²) >= 11 is 0. The molecule has 0 saturated heterocycles. The van der Waals surface area contributed by atoms with Crippen molar-refractivity contribution < 1.29 is 9.53 Å². The molecule has 1 rings (SSSR count). The number of unbranched alkanes of at least 4 members (excludes halogenated alkanes) is 1. The highest BCUT2D eigenvalue weighted by molar-refractivity contribution is 5.69. The first-order valence-corrected chi connectivity index (χ1v) is 7.27. The number of aromatic nitrogens is 2. The number of carbonyl (C=O) groups is 1. The van der Waals surface area contributed by atoms with E-state index >= 15 is 0 Å². The van der Waals surface area contributed by atoms with Gasteiger partial charge in [-0.15, -0.1) is 0 Å². The lowest BCUT2D eigenvalue weighted by Crippen LogP contribution is -2.40. The summed E-state index contributed by atoms with van der Waals surface area (Å²) in [5.74, 6) is -0.146. The quantitative estimate of drug-likeness (QED) is 0.714. The molecule has 0 aliphatic carbocycles. The van der Waals surface area contributed by atoms with Crippen LogP contribution in [0.15, 0.2) is 15.7 Å². The van der Waals surface area contributed by atoms with Crippen molar-refractivity contribution in [3.8, 4) is 0 Å². The fourth-order valence-electron chi connectivity index (χ4n) is 1.99. The van der Waals surface area contributed by atoms with Crippen molar-refractivity contribution in [2.24, 2.45) is 0 Å². The zero-order chi connectivity index (χ0) is 15.8. The topological polar surface area (TPSA) is 96.3 Å². The summed E-state index contributed by atoms with van der Waals surface area (Å²) in [6.07, 6.45) is 2.30. The largest absolute Gasteiger partial charge is 0.466 e. The smallest absolute Gasteiger partial charge is 0.332 e. The minimum absolute atomic E-state index is 0.180. The van der Waals surface area contributed by atoms with Gasteiger partial charge >= 0.3 is 11.7 Å². The Morgan fingerprint density at radius 1 is 1.19 bits per heavy atom. The highest BCUT2D eigenvalue weighted by Gasteiger charge is 2.10. The van der Waals surface area contributed by atoms with Gasteiger partial charge in [0.25, 0.3) is 5.56 Å². The van der Waals surface area contributed by atoms with E-state index in [0.717, 1.165) is 17.4 Å². The van der Waals surface area contributed by atoms with Gasteiger partial charge in [-0.3, -0.25) is 18.7 Å². The molecule has 0 amide bonds. The Labute approximate surface area is 123 Å². The third-order valence-electron chi connectivity index (χ3n) is 3.11. The highest BCUT2D eigenvalue weighted by Crippen LogP contribution is 2.00. The van der Waals surface area contributed by atoms with Crippen LogP contribution in [0.4, 0.5) is 5.82 Å². The second-order valence-electron chi connectivity index (χ2n) is 4.76. The van der Waals surface area contributed by atoms with E-state index in [2.05, 4.69) is 0 Å². The van der Waals surface area contributed by atoms with Crippen LogP contribution in [0.5, 0.6) is 0 Å². The fourth-order valence-corrected chi connectivity index (χ4v) is 1.99. The maximum atomic E-state index is 12.2. The molecule has 21 heavy (non-hydrogen) atoms. The summed E-state index contributed by atoms with van der Waals surface area (Å²) < 4.78 is 7.32. The molecule has 7 nitrogen and oxygen atoms in total. The predicted molar refractivity (Wildman–Crippen MR) is 80.1 cm³/mol. The molecule has 0 aliphatic rings. The van der Waals surface area contributed by atoms with Crippen molar-refractivity contribution in [3.05, 3.63) is 26.9 Å². The molecule has 0 spiro atoms. The number of hydrogen-bond donors (Lipinski definition) is 1. The van der Waals surface area contributed by atoms with Crippen molar-refractivity contribution >= 4 is 11.8 Å². The first kappa shape index (κ1) is 17.0. The van der Waals surface area contributed by atoms with E-state index in [1.807, 2.05) is 6.92 Å². The van der Waals surface area contributed by atoms with Crippen LogP contribution in [0.1, 0.15) is 39.5 Å². The van der Waals surface area contributed by atoms with Gasteiger partial charge in [0.05, 0.1) is 6.61 Å². The third-order valence-corrected chi connectivity index (χ3v) is 3.11. The zero-order valence-electron chi connectivity index (χ0n) is 12.6. The molecule has 0 fully saturated rings. The molecule has 0 saturated carbocycles. The Hall–Kier alpha value is -2.05. The molecule has 0 atom stereocenters. The molecular weight excluding hydrogens is 274 g/mol. The molecule has 1 aromatic rings. The van der Waals surface area contributed by atoms with Crippen LogP contribution in [0, 0.1) is 0 Å². The van der Waals surface area contributed by atoms with Crippen molar-refractivity contribution in [2.75, 3.05) is 12.3 Å². The Kier molecular flexibility index (Phi) is 6.71. The average molecular weight is 297 g/mol. The van der Waals surface area contributed by atoms with E-state index < -0.39 is 11.2 Å². The van der Waals surface area contributed by atoms with Gasteiger partial charge in [0.1, 0.15) is 5.82 Å². The van der Waals surface area contributed by atoms with Crippen molar-refractivity contribution in [1.82, 2.24) is 9.13 Å². The van der Waals surface area contributed by atoms with Crippen LogP contribution in [0.3, 0.4) is 0 Å². The molecule has 2 N–H and O–H groups in total. The lowest BCUT2D eigenvalue weighted by Gasteiger charge is -2.12. The van der Waals surface area contributed by atoms with E-state index in [1.54, 1.807) is 6.92 Å². The number of rotatable bonds is 8. The highest BCUT2D eigenvalue weighted by atomic mass is 16.5. The van der Waals surface area contributed by atoms with Gasteiger partial charge in [-0.2, -0.15) is 0 Å². The number of anilines is 1. The summed E-state index contributed by atoms with van der Waals surface area (Å²) in [4.78, 5) is 35.3. The van der Waals surface area contributed by atoms with Crippen LogP contribution >= 0.6 is 0 Å². The number of carbonyl (C=O) groups excluding carboxylic acids is 1. The summed E-state index contributed by atoms with van der Waals surface area (Å²) in [5, 5.41) is 0. The molecule has 1 heterocycles. The van der Waals surface area contributed by atoms with Gasteiger partial charge in [0.15, 0.2) is 0 Å². The molecule has 7 heteroatoms. The number of nitrogen functional groups attached to an aromatic ring is 1. The van der Waals surface area contributed by atoms with E-state index in [1.165, 1.54) is 10.6 Å². The number of nitrogens with two attached hydrogens (primary N) is 1. The molecule has 0 bridgehead atoms. The second-order valence-corrected chi connectivity index (χ2v) is 4.76. The van der Waals surface area contributed by atoms with Gasteiger partial charge in [-0.25, -0.2) is 4.79 Å². The van der Waals surface area contributed by atoms with E-state index in [4.69, 9.17) is 10.5 Å². The van der Waals surface area contributed by atoms with Crippen LogP contribution in [0.2, 0.25) is 0 Å². The Morgan fingerprint density at radius 2 is 1.86 bits per heavy atom. The zero-order valence-corrected chi connectivity index (χ0v) is 12.6. The van der Waals surface area contributed by atoms with Crippen LogP contribution in [0.25, 0.3) is 0 Å². The van der Waals surface area contributed by atoms with Crippen LogP contribution in [-0.2, 0) is 22.6 Å². The summed E-state index contributed by atoms with van der Waals surface area (Å²) in [7, 11) is 0. The lowest BCUT2D eigenvalue weighted by atomic mass is 10.3. The summed E-state index contributed by atoms with van der Waals surface area (Å²) in [6, 6.07) is 1.25. The standard InChI is InChI=1S/C14H23N3O4/c1-3-5-8-16-11(15)10-12(18)17(14(16)20)9-6-7-13(19)21-4-2/h10H,3-9,15H2,1-2H3. The molecule has 0 unspecified atom stereocenters. The van der Waals surface area contributed by atoms with Gasteiger partial charge in [-0.05, 0) is 19.8 Å². The van der Waals surface area contributed by atoms with E-state index in [0.29, 0.717) is 19.6 Å². The number of ether oxygens (including phenoxy) is 1. The van der Waals surface area contributed by atoms with Crippen molar-refractivity contribution in [1.29, 1.82) is 0 Å². The SMILES string of the molecule is CCCCn1c(N)cc(=O)n(CCCC(=O)OCC)c1=O. The minimum Gasteiger partial charge on any atom is -0.466 e. The predicted octanol–water partition coefficient (Wildman–Crippen LogP) is 0.736. The second kappa shape index (κ2) is 8.28. The van der Waals surface area contributed by atoms with Gasteiger partial charge < -0.3 is 10.5 Å². The number of nitrogens with zero attached hydrogens (tertiary/aromatic N) is 2. The van der Waals surface area contributed by atoms with Crippen molar-refractivity contribution in [3.63, 3.8) is 0 Å². The molecule has 118 valence electrons. The molecule has 0 aliphatic heterocycles. The Bertz CT molecular complexity index is 589. The van der Waals surface area contributed by atoms with Crippen LogP contribution in [-0.4, -0.2) is 21.7 Å². The molecule has 1 aromatic heterocycles. The lowest BCUT2D eigenvalue weighted by molar-refractivity contribution is -0.143. The summed E-state index contributed by atoms with van der Waals surface area (Å²) in [6.45, 7) is 4.73. The Balaban J connectivity index is 2.84. The van der Waals surface area contributed by atoms with Crippen molar-refractivity contribution in [2.45, 2.75) is 52.6 Å². The maximum absolute atomic E-state index is 12.2.